The third-order valence-corrected chi connectivity index (χ3v) is 3.41. The van der Waals surface area contributed by atoms with Crippen LogP contribution in [0.15, 0.2) is 22.7 Å². The molecule has 0 unspecified atom stereocenters. The van der Waals surface area contributed by atoms with Gasteiger partial charge in [-0.05, 0) is 47.0 Å². The first kappa shape index (κ1) is 17.0. The molecule has 7 nitrogen and oxygen atoms in total. The zero-order valence-electron chi connectivity index (χ0n) is 11.0. The van der Waals surface area contributed by atoms with Gasteiger partial charge in [-0.3, -0.25) is 9.59 Å². The molecule has 1 rings (SSSR count). The predicted octanol–water partition coefficient (Wildman–Crippen LogP) is 1.47. The van der Waals surface area contributed by atoms with E-state index in [1.165, 1.54) is 6.07 Å². The minimum absolute atomic E-state index is 0.0350. The van der Waals surface area contributed by atoms with E-state index >= 15 is 0 Å². The molecule has 0 bridgehead atoms. The van der Waals surface area contributed by atoms with Gasteiger partial charge in [0.15, 0.2) is 0 Å². The molecule has 0 saturated heterocycles. The van der Waals surface area contributed by atoms with Crippen LogP contribution in [0.25, 0.3) is 0 Å². The summed E-state index contributed by atoms with van der Waals surface area (Å²) >= 11 is 3.19. The van der Waals surface area contributed by atoms with Crippen LogP contribution in [0.5, 0.6) is 0 Å². The molecular formula is C13H15BrN2O5. The van der Waals surface area contributed by atoms with Crippen molar-refractivity contribution in [3.05, 3.63) is 28.2 Å². The number of carboxylic acid groups (broad SMARTS) is 2. The summed E-state index contributed by atoms with van der Waals surface area (Å²) in [6.07, 6.45) is 0.0413. The standard InChI is InChI=1S/C13H15BrN2O5/c14-9-5-4-7(15)6-8(9)12(19)16-10(13(20)21)2-1-3-11(17)18/h4-6,10H,1-3,15H2,(H,16,19)(H,17,18)(H,20,21)/t10-/m1/s1. The number of nitrogen functional groups attached to an aromatic ring is 1. The molecule has 1 amide bonds. The van der Waals surface area contributed by atoms with Crippen molar-refractivity contribution in [3.63, 3.8) is 0 Å². The highest BCUT2D eigenvalue weighted by molar-refractivity contribution is 9.10. The summed E-state index contributed by atoms with van der Waals surface area (Å²) < 4.78 is 0.490. The van der Waals surface area contributed by atoms with Gasteiger partial charge in [-0.2, -0.15) is 0 Å². The normalized spacial score (nSPS) is 11.7. The molecule has 21 heavy (non-hydrogen) atoms. The molecule has 0 aliphatic heterocycles. The van der Waals surface area contributed by atoms with Gasteiger partial charge >= 0.3 is 11.9 Å². The zero-order chi connectivity index (χ0) is 16.0. The largest absolute Gasteiger partial charge is 0.481 e. The van der Waals surface area contributed by atoms with E-state index in [-0.39, 0.29) is 24.8 Å². The zero-order valence-corrected chi connectivity index (χ0v) is 12.6. The van der Waals surface area contributed by atoms with Crippen molar-refractivity contribution in [2.24, 2.45) is 0 Å². The van der Waals surface area contributed by atoms with Gasteiger partial charge in [0.05, 0.1) is 5.56 Å². The number of hydrogen-bond acceptors (Lipinski definition) is 4. The molecule has 0 aliphatic rings. The summed E-state index contributed by atoms with van der Waals surface area (Å²) in [6.45, 7) is 0. The predicted molar refractivity (Wildman–Crippen MR) is 78.9 cm³/mol. The van der Waals surface area contributed by atoms with Gasteiger partial charge in [0.2, 0.25) is 0 Å². The Morgan fingerprint density at radius 3 is 2.52 bits per heavy atom. The lowest BCUT2D eigenvalue weighted by Crippen LogP contribution is -2.41. The molecule has 1 aromatic rings. The van der Waals surface area contributed by atoms with Crippen LogP contribution in [0.1, 0.15) is 29.6 Å². The van der Waals surface area contributed by atoms with Crippen molar-refractivity contribution in [3.8, 4) is 0 Å². The van der Waals surface area contributed by atoms with Crippen molar-refractivity contribution in [1.29, 1.82) is 0 Å². The second-order valence-electron chi connectivity index (χ2n) is 4.39. The van der Waals surface area contributed by atoms with Crippen LogP contribution in [-0.2, 0) is 9.59 Å². The molecule has 1 aromatic carbocycles. The molecular weight excluding hydrogens is 344 g/mol. The minimum atomic E-state index is -1.21. The Labute approximate surface area is 129 Å². The maximum Gasteiger partial charge on any atom is 0.326 e. The summed E-state index contributed by atoms with van der Waals surface area (Å²) in [7, 11) is 0. The molecule has 0 radical (unpaired) electrons. The van der Waals surface area contributed by atoms with Crippen molar-refractivity contribution < 1.29 is 24.6 Å². The molecule has 0 spiro atoms. The van der Waals surface area contributed by atoms with E-state index in [1.54, 1.807) is 12.1 Å². The van der Waals surface area contributed by atoms with Crippen LogP contribution >= 0.6 is 15.9 Å². The SMILES string of the molecule is Nc1ccc(Br)c(C(=O)N[C@H](CCCC(=O)O)C(=O)O)c1. The molecule has 0 aromatic heterocycles. The number of halogens is 1. The van der Waals surface area contributed by atoms with Crippen LogP contribution in [0.4, 0.5) is 5.69 Å². The number of carbonyl (C=O) groups excluding carboxylic acids is 1. The Balaban J connectivity index is 2.74. The van der Waals surface area contributed by atoms with Crippen LogP contribution in [-0.4, -0.2) is 34.1 Å². The first-order valence-corrected chi connectivity index (χ1v) is 6.91. The smallest absolute Gasteiger partial charge is 0.326 e. The molecule has 0 saturated carbocycles. The number of anilines is 1. The van der Waals surface area contributed by atoms with Crippen molar-refractivity contribution in [2.45, 2.75) is 25.3 Å². The van der Waals surface area contributed by atoms with Crippen molar-refractivity contribution >= 4 is 39.5 Å². The highest BCUT2D eigenvalue weighted by Gasteiger charge is 2.21. The van der Waals surface area contributed by atoms with Gasteiger partial charge in [-0.1, -0.05) is 0 Å². The quantitative estimate of drug-likeness (QED) is 0.546. The lowest BCUT2D eigenvalue weighted by atomic mass is 10.1. The summed E-state index contributed by atoms with van der Waals surface area (Å²) in [5.74, 6) is -2.81. The van der Waals surface area contributed by atoms with E-state index in [2.05, 4.69) is 21.2 Å². The number of aliphatic carboxylic acids is 2. The summed E-state index contributed by atoms with van der Waals surface area (Å²) in [4.78, 5) is 33.6. The van der Waals surface area contributed by atoms with Gasteiger partial charge in [0.25, 0.3) is 5.91 Å². The first-order valence-electron chi connectivity index (χ1n) is 6.11. The molecule has 0 heterocycles. The van der Waals surface area contributed by atoms with Crippen molar-refractivity contribution in [1.82, 2.24) is 5.32 Å². The molecule has 5 N–H and O–H groups in total. The monoisotopic (exact) mass is 358 g/mol. The van der Waals surface area contributed by atoms with E-state index in [4.69, 9.17) is 15.9 Å². The van der Waals surface area contributed by atoms with Crippen LogP contribution in [0.3, 0.4) is 0 Å². The number of amides is 1. The third-order valence-electron chi connectivity index (χ3n) is 2.72. The molecule has 1 atom stereocenters. The number of carboxylic acids is 2. The number of rotatable bonds is 7. The van der Waals surface area contributed by atoms with E-state index in [0.29, 0.717) is 10.2 Å². The van der Waals surface area contributed by atoms with Gasteiger partial charge in [-0.25, -0.2) is 4.79 Å². The second-order valence-corrected chi connectivity index (χ2v) is 5.24. The Morgan fingerprint density at radius 2 is 1.95 bits per heavy atom. The topological polar surface area (TPSA) is 130 Å². The average Bonchev–Trinajstić information content (AvgIpc) is 2.39. The van der Waals surface area contributed by atoms with Gasteiger partial charge < -0.3 is 21.3 Å². The number of nitrogens with one attached hydrogen (secondary N) is 1. The van der Waals surface area contributed by atoms with Gasteiger partial charge in [0, 0.05) is 16.6 Å². The van der Waals surface area contributed by atoms with Crippen LogP contribution < -0.4 is 11.1 Å². The number of benzene rings is 1. The number of hydrogen-bond donors (Lipinski definition) is 4. The molecule has 0 fully saturated rings. The summed E-state index contributed by atoms with van der Waals surface area (Å²) in [6, 6.07) is 3.47. The lowest BCUT2D eigenvalue weighted by molar-refractivity contribution is -0.140. The maximum absolute atomic E-state index is 12.1. The third kappa shape index (κ3) is 5.42. The van der Waals surface area contributed by atoms with Crippen molar-refractivity contribution in [2.75, 3.05) is 5.73 Å². The van der Waals surface area contributed by atoms with Gasteiger partial charge in [-0.15, -0.1) is 0 Å². The highest BCUT2D eigenvalue weighted by Crippen LogP contribution is 2.19. The Hall–Kier alpha value is -2.09. The lowest BCUT2D eigenvalue weighted by Gasteiger charge is -2.15. The molecule has 8 heteroatoms. The van der Waals surface area contributed by atoms with Crippen LogP contribution in [0, 0.1) is 0 Å². The van der Waals surface area contributed by atoms with E-state index < -0.39 is 23.9 Å². The number of nitrogens with two attached hydrogens (primary N) is 1. The summed E-state index contributed by atoms with van der Waals surface area (Å²) in [5, 5.41) is 20.0. The Morgan fingerprint density at radius 1 is 1.29 bits per heavy atom. The fourth-order valence-corrected chi connectivity index (χ4v) is 2.09. The second kappa shape index (κ2) is 7.63. The fraction of sp³-hybridized carbons (Fsp3) is 0.308. The molecule has 114 valence electrons. The van der Waals surface area contributed by atoms with E-state index in [0.717, 1.165) is 0 Å². The maximum atomic E-state index is 12.1. The number of carbonyl (C=O) groups is 3. The first-order chi connectivity index (χ1) is 9.81. The van der Waals surface area contributed by atoms with E-state index in [1.807, 2.05) is 0 Å². The highest BCUT2D eigenvalue weighted by atomic mass is 79.9. The fourth-order valence-electron chi connectivity index (χ4n) is 1.67. The minimum Gasteiger partial charge on any atom is -0.481 e. The van der Waals surface area contributed by atoms with Gasteiger partial charge in [0.1, 0.15) is 6.04 Å². The van der Waals surface area contributed by atoms with E-state index in [9.17, 15) is 14.4 Å². The van der Waals surface area contributed by atoms with Crippen LogP contribution in [0.2, 0.25) is 0 Å². The Kier molecular flexibility index (Phi) is 6.16. The molecule has 0 aliphatic carbocycles. The average molecular weight is 359 g/mol. The Bertz CT molecular complexity index is 561. The summed E-state index contributed by atoms with van der Waals surface area (Å²) in [5.41, 5.74) is 6.18.